The van der Waals surface area contributed by atoms with E-state index in [9.17, 15) is 13.6 Å². The summed E-state index contributed by atoms with van der Waals surface area (Å²) in [6.45, 7) is -2.72. The van der Waals surface area contributed by atoms with Crippen molar-refractivity contribution in [3.05, 3.63) is 18.7 Å². The quantitative estimate of drug-likeness (QED) is 0.865. The first-order valence-corrected chi connectivity index (χ1v) is 8.60. The number of carbonyl (C=O) groups excluding carboxylic acids is 1. The predicted molar refractivity (Wildman–Crippen MR) is 83.7 cm³/mol. The molecule has 6 nitrogen and oxygen atoms in total. The van der Waals surface area contributed by atoms with Crippen LogP contribution in [0.3, 0.4) is 0 Å². The minimum absolute atomic E-state index is 0.0237. The van der Waals surface area contributed by atoms with Gasteiger partial charge < -0.3 is 19.9 Å². The van der Waals surface area contributed by atoms with Crippen LogP contribution in [0.15, 0.2) is 18.7 Å². The Balaban J connectivity index is 1.43. The van der Waals surface area contributed by atoms with Crippen LogP contribution in [0.4, 0.5) is 13.6 Å². The van der Waals surface area contributed by atoms with E-state index in [1.54, 1.807) is 12.5 Å². The predicted octanol–water partition coefficient (Wildman–Crippen LogP) is 2.83. The number of hydrogen-bond acceptors (Lipinski definition) is 3. The van der Waals surface area contributed by atoms with Gasteiger partial charge in [-0.05, 0) is 44.9 Å². The summed E-state index contributed by atoms with van der Waals surface area (Å²) in [5.74, 6) is 0. The first-order valence-electron chi connectivity index (χ1n) is 8.60. The monoisotopic (exact) mass is 342 g/mol. The molecule has 2 aliphatic carbocycles. The highest BCUT2D eigenvalue weighted by Gasteiger charge is 2.31. The minimum atomic E-state index is -2.72. The van der Waals surface area contributed by atoms with Crippen LogP contribution in [0.25, 0.3) is 0 Å². The molecule has 2 fully saturated rings. The number of nitrogens with zero attached hydrogens (tertiary/aromatic N) is 2. The highest BCUT2D eigenvalue weighted by Crippen LogP contribution is 2.30. The van der Waals surface area contributed by atoms with Gasteiger partial charge in [-0.25, -0.2) is 9.78 Å². The third-order valence-corrected chi connectivity index (χ3v) is 5.01. The number of alkyl halides is 2. The van der Waals surface area contributed by atoms with Crippen molar-refractivity contribution in [3.63, 3.8) is 0 Å². The molecular weight excluding hydrogens is 318 g/mol. The van der Waals surface area contributed by atoms with Crippen molar-refractivity contribution in [2.24, 2.45) is 0 Å². The fraction of sp³-hybridized carbons (Fsp3) is 0.750. The molecule has 2 amide bonds. The molecule has 3 rings (SSSR count). The molecule has 2 saturated carbocycles. The molecule has 0 radical (unpaired) electrons. The van der Waals surface area contributed by atoms with Crippen LogP contribution in [0.5, 0.6) is 0 Å². The second-order valence-corrected chi connectivity index (χ2v) is 6.60. The molecule has 0 aromatic carbocycles. The highest BCUT2D eigenvalue weighted by molar-refractivity contribution is 5.74. The van der Waals surface area contributed by atoms with Gasteiger partial charge in [0.1, 0.15) is 0 Å². The fourth-order valence-corrected chi connectivity index (χ4v) is 3.82. The molecule has 2 N–H and O–H groups in total. The number of carbonyl (C=O) groups is 1. The molecule has 0 aliphatic heterocycles. The molecule has 8 heteroatoms. The summed E-state index contributed by atoms with van der Waals surface area (Å²) in [7, 11) is 0. The number of rotatable bonds is 5. The Bertz CT molecular complexity index is 518. The summed E-state index contributed by atoms with van der Waals surface area (Å²) in [6.07, 6.45) is 10.5. The molecule has 1 aromatic heterocycles. The first kappa shape index (κ1) is 17.1. The lowest BCUT2D eigenvalue weighted by atomic mass is 9.93. The van der Waals surface area contributed by atoms with E-state index < -0.39 is 12.7 Å². The Morgan fingerprint density at radius 1 is 1.17 bits per heavy atom. The van der Waals surface area contributed by atoms with Crippen molar-refractivity contribution in [1.82, 2.24) is 20.2 Å². The third kappa shape index (κ3) is 4.43. The molecule has 1 heterocycles. The van der Waals surface area contributed by atoms with Gasteiger partial charge in [0.2, 0.25) is 0 Å². The number of halogens is 2. The van der Waals surface area contributed by atoms with Crippen molar-refractivity contribution in [3.8, 4) is 0 Å². The second kappa shape index (κ2) is 7.92. The maximum Gasteiger partial charge on any atom is 0.345 e. The van der Waals surface area contributed by atoms with E-state index in [0.29, 0.717) is 25.7 Å². The van der Waals surface area contributed by atoms with E-state index in [0.717, 1.165) is 19.3 Å². The molecule has 0 spiro atoms. The van der Waals surface area contributed by atoms with Gasteiger partial charge >= 0.3 is 12.6 Å². The van der Waals surface area contributed by atoms with E-state index in [-0.39, 0.29) is 24.2 Å². The zero-order valence-corrected chi connectivity index (χ0v) is 13.5. The Labute approximate surface area is 140 Å². The van der Waals surface area contributed by atoms with Gasteiger partial charge in [-0.3, -0.25) is 0 Å². The van der Waals surface area contributed by atoms with E-state index in [2.05, 4.69) is 20.4 Å². The van der Waals surface area contributed by atoms with Crippen molar-refractivity contribution < 1.29 is 18.3 Å². The Kier molecular flexibility index (Phi) is 5.65. The molecule has 1 aromatic rings. The zero-order valence-electron chi connectivity index (χ0n) is 13.5. The maximum absolute atomic E-state index is 12.2. The van der Waals surface area contributed by atoms with E-state index >= 15 is 0 Å². The zero-order chi connectivity index (χ0) is 16.9. The maximum atomic E-state index is 12.2. The van der Waals surface area contributed by atoms with E-state index in [1.807, 2.05) is 10.8 Å². The molecular formula is C16H24F2N4O2. The fourth-order valence-electron chi connectivity index (χ4n) is 3.82. The Morgan fingerprint density at radius 2 is 1.96 bits per heavy atom. The number of imidazole rings is 1. The van der Waals surface area contributed by atoms with Crippen LogP contribution in [-0.2, 0) is 4.74 Å². The van der Waals surface area contributed by atoms with Gasteiger partial charge in [-0.2, -0.15) is 8.78 Å². The van der Waals surface area contributed by atoms with Gasteiger partial charge in [0.15, 0.2) is 0 Å². The number of ether oxygens (including phenoxy) is 1. The lowest BCUT2D eigenvalue weighted by Gasteiger charge is -2.30. The number of urea groups is 1. The highest BCUT2D eigenvalue weighted by atomic mass is 19.3. The van der Waals surface area contributed by atoms with Crippen molar-refractivity contribution >= 4 is 6.03 Å². The number of amides is 2. The normalized spacial score (nSPS) is 30.5. The van der Waals surface area contributed by atoms with E-state index in [1.165, 1.54) is 0 Å². The largest absolute Gasteiger partial charge is 0.345 e. The van der Waals surface area contributed by atoms with Gasteiger partial charge in [0, 0.05) is 18.4 Å². The van der Waals surface area contributed by atoms with Crippen molar-refractivity contribution in [2.45, 2.75) is 75.8 Å². The van der Waals surface area contributed by atoms with Crippen LogP contribution in [0.2, 0.25) is 0 Å². The van der Waals surface area contributed by atoms with Gasteiger partial charge in [-0.15, -0.1) is 0 Å². The van der Waals surface area contributed by atoms with Gasteiger partial charge in [0.05, 0.1) is 24.5 Å². The topological polar surface area (TPSA) is 68.2 Å². The summed E-state index contributed by atoms with van der Waals surface area (Å²) >= 11 is 0. The molecule has 24 heavy (non-hydrogen) atoms. The lowest BCUT2D eigenvalue weighted by Crippen LogP contribution is -2.48. The molecule has 2 atom stereocenters. The van der Waals surface area contributed by atoms with Crippen LogP contribution in [0.1, 0.15) is 51.0 Å². The minimum Gasteiger partial charge on any atom is -0.335 e. The van der Waals surface area contributed by atoms with Crippen molar-refractivity contribution in [2.75, 3.05) is 0 Å². The van der Waals surface area contributed by atoms with E-state index in [4.69, 9.17) is 0 Å². The van der Waals surface area contributed by atoms with Crippen molar-refractivity contribution in [1.29, 1.82) is 0 Å². The van der Waals surface area contributed by atoms with Gasteiger partial charge in [0.25, 0.3) is 0 Å². The summed E-state index contributed by atoms with van der Waals surface area (Å²) in [5, 5.41) is 6.03. The lowest BCUT2D eigenvalue weighted by molar-refractivity contribution is -0.170. The Hall–Kier alpha value is -1.70. The average Bonchev–Trinajstić information content (AvgIpc) is 3.19. The molecule has 2 aliphatic rings. The summed E-state index contributed by atoms with van der Waals surface area (Å²) in [4.78, 5) is 16.3. The molecule has 0 saturated heterocycles. The number of aromatic nitrogens is 2. The summed E-state index contributed by atoms with van der Waals surface area (Å²) in [6, 6.07) is 0.187. The summed E-state index contributed by atoms with van der Waals surface area (Å²) in [5.41, 5.74) is 0. The SMILES string of the molecule is O=C(NC1CCC(OC(F)F)CC1)N[C@@H]1CCC[C@@H]1n1ccnc1. The smallest absolute Gasteiger partial charge is 0.335 e. The third-order valence-electron chi connectivity index (χ3n) is 5.01. The second-order valence-electron chi connectivity index (χ2n) is 6.60. The number of hydrogen-bond donors (Lipinski definition) is 2. The Morgan fingerprint density at radius 3 is 2.62 bits per heavy atom. The number of nitrogens with one attached hydrogen (secondary N) is 2. The molecule has 0 unspecified atom stereocenters. The van der Waals surface area contributed by atoms with Gasteiger partial charge in [-0.1, -0.05) is 0 Å². The standard InChI is InChI=1S/C16H24F2N4O2/c17-15(18)24-12-6-4-11(5-7-12)20-16(23)21-13-2-1-3-14(13)22-9-8-19-10-22/h8-15H,1-7H2,(H2,20,21,23)/t11?,12?,13-,14+/m1/s1. The average molecular weight is 342 g/mol. The van der Waals surface area contributed by atoms with Crippen LogP contribution in [-0.4, -0.2) is 40.4 Å². The molecule has 0 bridgehead atoms. The first-order chi connectivity index (χ1) is 11.6. The van der Waals surface area contributed by atoms with Crippen LogP contribution < -0.4 is 10.6 Å². The summed E-state index contributed by atoms with van der Waals surface area (Å²) < 4.78 is 31.0. The van der Waals surface area contributed by atoms with Crippen LogP contribution >= 0.6 is 0 Å². The van der Waals surface area contributed by atoms with Crippen LogP contribution in [0, 0.1) is 0 Å². The molecule has 134 valence electrons.